The van der Waals surface area contributed by atoms with Crippen LogP contribution in [-0.4, -0.2) is 22.2 Å². The minimum Gasteiger partial charge on any atom is -0.423 e. The van der Waals surface area contributed by atoms with Crippen molar-refractivity contribution in [2.75, 3.05) is 0 Å². The number of fused-ring (bicyclic) bond motifs is 1. The number of H-pyrrole nitrogens is 1. The van der Waals surface area contributed by atoms with Crippen LogP contribution in [0, 0.1) is 5.82 Å². The second-order valence-corrected chi connectivity index (χ2v) is 2.78. The van der Waals surface area contributed by atoms with Crippen LogP contribution in [0.15, 0.2) is 24.4 Å². The molecule has 66 valence electrons. The summed E-state index contributed by atoms with van der Waals surface area (Å²) < 4.78 is 13.2. The average Bonchev–Trinajstić information content (AvgIpc) is 2.49. The molecule has 1 heterocycles. The third kappa shape index (κ3) is 1.22. The molecule has 3 nitrogen and oxygen atoms in total. The fourth-order valence-corrected chi connectivity index (χ4v) is 1.37. The van der Waals surface area contributed by atoms with E-state index in [1.54, 1.807) is 12.1 Å². The molecule has 0 amide bonds. The van der Waals surface area contributed by atoms with E-state index < -0.39 is 12.9 Å². The summed E-state index contributed by atoms with van der Waals surface area (Å²) in [5.41, 5.74) is 0.719. The summed E-state index contributed by atoms with van der Waals surface area (Å²) in [4.78, 5) is 2.75. The number of benzene rings is 1. The van der Waals surface area contributed by atoms with Gasteiger partial charge in [-0.25, -0.2) is 4.39 Å². The van der Waals surface area contributed by atoms with Crippen molar-refractivity contribution in [3.63, 3.8) is 0 Å². The van der Waals surface area contributed by atoms with Gasteiger partial charge in [0.1, 0.15) is 5.82 Å². The second kappa shape index (κ2) is 2.87. The van der Waals surface area contributed by atoms with E-state index in [4.69, 9.17) is 10.0 Å². The SMILES string of the molecule is OB(O)c1c[nH]c2cccc(F)c12. The van der Waals surface area contributed by atoms with Crippen LogP contribution < -0.4 is 5.46 Å². The van der Waals surface area contributed by atoms with Crippen LogP contribution in [0.5, 0.6) is 0 Å². The Labute approximate surface area is 74.0 Å². The molecular weight excluding hydrogens is 172 g/mol. The summed E-state index contributed by atoms with van der Waals surface area (Å²) in [7, 11) is -1.65. The van der Waals surface area contributed by atoms with Gasteiger partial charge in [0.05, 0.1) is 0 Å². The zero-order valence-electron chi connectivity index (χ0n) is 6.66. The molecule has 0 saturated heterocycles. The molecule has 0 aliphatic heterocycles. The number of rotatable bonds is 1. The molecule has 0 radical (unpaired) electrons. The molecule has 0 atom stereocenters. The predicted octanol–water partition coefficient (Wildman–Crippen LogP) is -0.0132. The largest absolute Gasteiger partial charge is 0.490 e. The van der Waals surface area contributed by atoms with Gasteiger partial charge in [-0.05, 0) is 12.1 Å². The van der Waals surface area contributed by atoms with Crippen LogP contribution >= 0.6 is 0 Å². The minimum atomic E-state index is -1.65. The van der Waals surface area contributed by atoms with Crippen molar-refractivity contribution in [2.45, 2.75) is 0 Å². The van der Waals surface area contributed by atoms with Gasteiger partial charge in [-0.3, -0.25) is 0 Å². The van der Waals surface area contributed by atoms with Gasteiger partial charge in [-0.1, -0.05) is 6.07 Å². The van der Waals surface area contributed by atoms with Crippen LogP contribution in [0.25, 0.3) is 10.9 Å². The zero-order chi connectivity index (χ0) is 9.42. The van der Waals surface area contributed by atoms with Gasteiger partial charge < -0.3 is 15.0 Å². The van der Waals surface area contributed by atoms with Crippen LogP contribution in [0.1, 0.15) is 0 Å². The monoisotopic (exact) mass is 179 g/mol. The van der Waals surface area contributed by atoms with E-state index in [1.807, 2.05) is 0 Å². The average molecular weight is 179 g/mol. The van der Waals surface area contributed by atoms with Crippen molar-refractivity contribution >= 4 is 23.5 Å². The first-order valence-corrected chi connectivity index (χ1v) is 3.82. The second-order valence-electron chi connectivity index (χ2n) is 2.78. The molecule has 0 unspecified atom stereocenters. The van der Waals surface area contributed by atoms with Crippen molar-refractivity contribution in [2.24, 2.45) is 0 Å². The van der Waals surface area contributed by atoms with Crippen molar-refractivity contribution in [3.8, 4) is 0 Å². The molecule has 13 heavy (non-hydrogen) atoms. The number of aromatic amines is 1. The van der Waals surface area contributed by atoms with Crippen LogP contribution in [0.3, 0.4) is 0 Å². The maximum Gasteiger partial charge on any atom is 0.490 e. The highest BCUT2D eigenvalue weighted by atomic mass is 19.1. The fourth-order valence-electron chi connectivity index (χ4n) is 1.37. The lowest BCUT2D eigenvalue weighted by Crippen LogP contribution is -2.29. The Kier molecular flexibility index (Phi) is 1.83. The number of nitrogens with one attached hydrogen (secondary N) is 1. The van der Waals surface area contributed by atoms with E-state index in [9.17, 15) is 4.39 Å². The third-order valence-corrected chi connectivity index (χ3v) is 1.96. The summed E-state index contributed by atoms with van der Waals surface area (Å²) in [6.07, 6.45) is 1.39. The molecule has 1 aromatic carbocycles. The summed E-state index contributed by atoms with van der Waals surface area (Å²) >= 11 is 0. The van der Waals surface area contributed by atoms with Gasteiger partial charge in [0.2, 0.25) is 0 Å². The highest BCUT2D eigenvalue weighted by molar-refractivity contribution is 6.62. The van der Waals surface area contributed by atoms with E-state index in [2.05, 4.69) is 4.98 Å². The Morgan fingerprint density at radius 3 is 2.77 bits per heavy atom. The van der Waals surface area contributed by atoms with Gasteiger partial charge >= 0.3 is 7.12 Å². The summed E-state index contributed by atoms with van der Waals surface area (Å²) in [5, 5.41) is 18.0. The lowest BCUT2D eigenvalue weighted by Gasteiger charge is -1.96. The molecule has 5 heteroatoms. The standard InChI is InChI=1S/C8H7BFNO2/c10-6-2-1-3-7-8(6)5(4-11-7)9(12)13/h1-4,11-13H. The first-order chi connectivity index (χ1) is 6.20. The Balaban J connectivity index is 2.79. The van der Waals surface area contributed by atoms with E-state index in [-0.39, 0.29) is 10.8 Å². The summed E-state index contributed by atoms with van der Waals surface area (Å²) in [6.45, 7) is 0. The van der Waals surface area contributed by atoms with Crippen molar-refractivity contribution in [3.05, 3.63) is 30.2 Å². The Morgan fingerprint density at radius 1 is 1.31 bits per heavy atom. The van der Waals surface area contributed by atoms with E-state index in [0.29, 0.717) is 5.52 Å². The molecule has 0 aliphatic carbocycles. The Morgan fingerprint density at radius 2 is 2.08 bits per heavy atom. The number of hydrogen-bond donors (Lipinski definition) is 3. The molecule has 2 rings (SSSR count). The third-order valence-electron chi connectivity index (χ3n) is 1.96. The van der Waals surface area contributed by atoms with Crippen molar-refractivity contribution in [1.29, 1.82) is 0 Å². The lowest BCUT2D eigenvalue weighted by atomic mass is 9.80. The molecule has 0 saturated carbocycles. The molecular formula is C8H7BFNO2. The molecule has 0 spiro atoms. The quantitative estimate of drug-likeness (QED) is 0.539. The molecule has 0 bridgehead atoms. The smallest absolute Gasteiger partial charge is 0.423 e. The van der Waals surface area contributed by atoms with Crippen LogP contribution in [-0.2, 0) is 0 Å². The minimum absolute atomic E-state index is 0.160. The maximum absolute atomic E-state index is 13.2. The van der Waals surface area contributed by atoms with Crippen molar-refractivity contribution < 1.29 is 14.4 Å². The highest BCUT2D eigenvalue weighted by Gasteiger charge is 2.18. The number of halogens is 1. The Hall–Kier alpha value is -1.33. The summed E-state index contributed by atoms with van der Waals surface area (Å²) in [5.74, 6) is -0.457. The predicted molar refractivity (Wildman–Crippen MR) is 48.1 cm³/mol. The van der Waals surface area contributed by atoms with E-state index >= 15 is 0 Å². The summed E-state index contributed by atoms with van der Waals surface area (Å²) in [6, 6.07) is 4.51. The van der Waals surface area contributed by atoms with Gasteiger partial charge in [-0.2, -0.15) is 0 Å². The van der Waals surface area contributed by atoms with E-state index in [1.165, 1.54) is 12.3 Å². The van der Waals surface area contributed by atoms with Gasteiger partial charge in [0, 0.05) is 22.6 Å². The fraction of sp³-hybridized carbons (Fsp3) is 0. The van der Waals surface area contributed by atoms with Crippen molar-refractivity contribution in [1.82, 2.24) is 4.98 Å². The first-order valence-electron chi connectivity index (χ1n) is 3.82. The lowest BCUT2D eigenvalue weighted by molar-refractivity contribution is 0.426. The van der Waals surface area contributed by atoms with Gasteiger partial charge in [0.15, 0.2) is 0 Å². The number of hydrogen-bond acceptors (Lipinski definition) is 2. The Bertz CT molecular complexity index is 441. The van der Waals surface area contributed by atoms with Gasteiger partial charge in [0.25, 0.3) is 0 Å². The van der Waals surface area contributed by atoms with E-state index in [0.717, 1.165) is 0 Å². The number of aromatic nitrogens is 1. The van der Waals surface area contributed by atoms with Gasteiger partial charge in [-0.15, -0.1) is 0 Å². The highest BCUT2D eigenvalue weighted by Crippen LogP contribution is 2.13. The zero-order valence-corrected chi connectivity index (χ0v) is 6.66. The molecule has 0 fully saturated rings. The molecule has 2 aromatic rings. The normalized spacial score (nSPS) is 10.7. The van der Waals surface area contributed by atoms with Crippen LogP contribution in [0.2, 0.25) is 0 Å². The maximum atomic E-state index is 13.2. The first kappa shape index (κ1) is 8.28. The molecule has 3 N–H and O–H groups in total. The van der Waals surface area contributed by atoms with Crippen LogP contribution in [0.4, 0.5) is 4.39 Å². The molecule has 0 aliphatic rings. The topological polar surface area (TPSA) is 56.2 Å². The molecule has 1 aromatic heterocycles.